The fraction of sp³-hybridized carbons (Fsp3) is 0.600. The number of carbonyl (C=O) groups excluding carboxylic acids is 1. The van der Waals surface area contributed by atoms with Crippen LogP contribution in [0.2, 0.25) is 0 Å². The first-order chi connectivity index (χ1) is 6.93. The minimum absolute atomic E-state index is 0.302. The number of nitrogens with zero attached hydrogens (tertiary/aromatic N) is 2. The molecule has 1 fully saturated rings. The number of rotatable bonds is 1. The lowest BCUT2D eigenvalue weighted by atomic mass is 9.96. The number of imidazole rings is 1. The molecule has 2 rings (SSSR count). The third kappa shape index (κ3) is 4.58. The summed E-state index contributed by atoms with van der Waals surface area (Å²) in [5, 5.41) is 0. The van der Waals surface area contributed by atoms with Crippen LogP contribution in [-0.4, -0.2) is 22.1 Å². The third-order valence-electron chi connectivity index (χ3n) is 2.22. The molecule has 76 valence electrons. The van der Waals surface area contributed by atoms with E-state index in [-0.39, 0.29) is 0 Å². The largest absolute Gasteiger partial charge is 0.351 e. The van der Waals surface area contributed by atoms with Gasteiger partial charge in [0, 0.05) is 12.4 Å². The highest BCUT2D eigenvalue weighted by molar-refractivity contribution is 5.33. The summed E-state index contributed by atoms with van der Waals surface area (Å²) in [4.78, 5) is 19.9. The molecule has 0 spiro atoms. The molecule has 0 aromatic carbocycles. The number of aliphatic imine (C=N–C) groups is 1. The number of aromatic nitrogens is 2. The van der Waals surface area contributed by atoms with Crippen molar-refractivity contribution in [2.75, 3.05) is 0 Å². The zero-order valence-corrected chi connectivity index (χ0v) is 8.15. The van der Waals surface area contributed by atoms with Gasteiger partial charge in [-0.1, -0.05) is 19.3 Å². The number of aromatic amines is 1. The van der Waals surface area contributed by atoms with Crippen LogP contribution in [0.5, 0.6) is 0 Å². The van der Waals surface area contributed by atoms with E-state index in [0.717, 1.165) is 12.8 Å². The zero-order chi connectivity index (χ0) is 10.1. The van der Waals surface area contributed by atoms with Crippen LogP contribution < -0.4 is 0 Å². The first-order valence-electron chi connectivity index (χ1n) is 4.93. The van der Waals surface area contributed by atoms with E-state index in [1.807, 2.05) is 0 Å². The Morgan fingerprint density at radius 1 is 1.36 bits per heavy atom. The highest BCUT2D eigenvalue weighted by Gasteiger charge is 2.10. The molecule has 1 aromatic heterocycles. The zero-order valence-electron chi connectivity index (χ0n) is 8.15. The lowest BCUT2D eigenvalue weighted by molar-refractivity contribution is 0.439. The Labute approximate surface area is 83.5 Å². The molecule has 0 bridgehead atoms. The van der Waals surface area contributed by atoms with Crippen molar-refractivity contribution in [1.82, 2.24) is 9.97 Å². The maximum atomic E-state index is 9.78. The fourth-order valence-corrected chi connectivity index (χ4v) is 1.50. The Morgan fingerprint density at radius 2 is 2.14 bits per heavy atom. The van der Waals surface area contributed by atoms with Gasteiger partial charge < -0.3 is 4.98 Å². The smallest absolute Gasteiger partial charge is 0.235 e. The molecule has 1 N–H and O–H groups in total. The van der Waals surface area contributed by atoms with Crippen LogP contribution in [0.4, 0.5) is 0 Å². The van der Waals surface area contributed by atoms with Gasteiger partial charge in [-0.3, -0.25) is 0 Å². The van der Waals surface area contributed by atoms with E-state index in [0.29, 0.717) is 6.04 Å². The fourth-order valence-electron chi connectivity index (χ4n) is 1.50. The number of nitrogens with one attached hydrogen (secondary N) is 1. The lowest BCUT2D eigenvalue weighted by Crippen LogP contribution is -2.08. The summed E-state index contributed by atoms with van der Waals surface area (Å²) in [6.07, 6.45) is 12.7. The molecule has 1 aliphatic rings. The van der Waals surface area contributed by atoms with E-state index in [4.69, 9.17) is 0 Å². The highest BCUT2D eigenvalue weighted by Crippen LogP contribution is 2.19. The Hall–Kier alpha value is -1.41. The lowest BCUT2D eigenvalue weighted by Gasteiger charge is -2.14. The van der Waals surface area contributed by atoms with Crippen molar-refractivity contribution in [2.24, 2.45) is 4.99 Å². The average molecular weight is 193 g/mol. The molecular formula is C10H15N3O. The predicted molar refractivity (Wildman–Crippen MR) is 53.6 cm³/mol. The molecule has 0 saturated heterocycles. The molecule has 4 heteroatoms. The Morgan fingerprint density at radius 3 is 2.57 bits per heavy atom. The Bertz CT molecular complexity index is 242. The van der Waals surface area contributed by atoms with Gasteiger partial charge >= 0.3 is 0 Å². The van der Waals surface area contributed by atoms with Crippen molar-refractivity contribution in [3.8, 4) is 0 Å². The molecule has 4 nitrogen and oxygen atoms in total. The first-order valence-corrected chi connectivity index (χ1v) is 4.93. The highest BCUT2D eigenvalue weighted by atomic mass is 16.1. The number of hydrogen-bond acceptors (Lipinski definition) is 3. The van der Waals surface area contributed by atoms with E-state index in [2.05, 4.69) is 15.0 Å². The monoisotopic (exact) mass is 193 g/mol. The summed E-state index contributed by atoms with van der Waals surface area (Å²) in [5.74, 6) is 0. The molecule has 0 aliphatic heterocycles. The minimum Gasteiger partial charge on any atom is -0.351 e. The van der Waals surface area contributed by atoms with E-state index in [1.165, 1.54) is 19.3 Å². The van der Waals surface area contributed by atoms with Gasteiger partial charge in [-0.05, 0) is 12.8 Å². The van der Waals surface area contributed by atoms with Crippen LogP contribution in [0.3, 0.4) is 0 Å². The van der Waals surface area contributed by atoms with Gasteiger partial charge in [0.2, 0.25) is 6.08 Å². The number of isocyanates is 1. The molecule has 1 saturated carbocycles. The van der Waals surface area contributed by atoms with Crippen molar-refractivity contribution in [2.45, 2.75) is 38.1 Å². The quantitative estimate of drug-likeness (QED) is 0.548. The van der Waals surface area contributed by atoms with Crippen LogP contribution in [0, 0.1) is 0 Å². The van der Waals surface area contributed by atoms with E-state index < -0.39 is 0 Å². The third-order valence-corrected chi connectivity index (χ3v) is 2.22. The second-order valence-corrected chi connectivity index (χ2v) is 3.27. The summed E-state index contributed by atoms with van der Waals surface area (Å²) < 4.78 is 0. The molecule has 0 atom stereocenters. The average Bonchev–Trinajstić information content (AvgIpc) is 2.78. The normalized spacial score (nSPS) is 16.3. The summed E-state index contributed by atoms with van der Waals surface area (Å²) in [6.45, 7) is 0. The summed E-state index contributed by atoms with van der Waals surface area (Å²) in [5.41, 5.74) is 0. The van der Waals surface area contributed by atoms with Crippen LogP contribution in [-0.2, 0) is 4.79 Å². The maximum Gasteiger partial charge on any atom is 0.235 e. The molecule has 1 aliphatic carbocycles. The van der Waals surface area contributed by atoms with E-state index >= 15 is 0 Å². The van der Waals surface area contributed by atoms with Gasteiger partial charge in [-0.2, -0.15) is 0 Å². The second kappa shape index (κ2) is 7.04. The Balaban J connectivity index is 0.000000165. The van der Waals surface area contributed by atoms with Crippen molar-refractivity contribution in [3.63, 3.8) is 0 Å². The molecule has 14 heavy (non-hydrogen) atoms. The van der Waals surface area contributed by atoms with Crippen molar-refractivity contribution < 1.29 is 4.79 Å². The van der Waals surface area contributed by atoms with Crippen LogP contribution in [0.25, 0.3) is 0 Å². The van der Waals surface area contributed by atoms with Gasteiger partial charge in [0.05, 0.1) is 12.4 Å². The predicted octanol–water partition coefficient (Wildman–Crippen LogP) is 2.06. The first kappa shape index (κ1) is 10.7. The number of H-pyrrole nitrogens is 1. The minimum atomic E-state index is 0.302. The van der Waals surface area contributed by atoms with E-state index in [9.17, 15) is 4.79 Å². The molecule has 0 unspecified atom stereocenters. The molecule has 1 aromatic rings. The Kier molecular flexibility index (Phi) is 5.36. The molecule has 0 amide bonds. The maximum absolute atomic E-state index is 9.78. The van der Waals surface area contributed by atoms with Crippen molar-refractivity contribution in [3.05, 3.63) is 18.7 Å². The molecule has 1 heterocycles. The summed E-state index contributed by atoms with van der Waals surface area (Å²) >= 11 is 0. The van der Waals surface area contributed by atoms with Crippen molar-refractivity contribution >= 4 is 6.08 Å². The van der Waals surface area contributed by atoms with Gasteiger partial charge in [0.1, 0.15) is 0 Å². The second-order valence-electron chi connectivity index (χ2n) is 3.27. The van der Waals surface area contributed by atoms with Crippen LogP contribution in [0.1, 0.15) is 32.1 Å². The van der Waals surface area contributed by atoms with Crippen LogP contribution >= 0.6 is 0 Å². The van der Waals surface area contributed by atoms with E-state index in [1.54, 1.807) is 24.8 Å². The molecule has 0 radical (unpaired) electrons. The summed E-state index contributed by atoms with van der Waals surface area (Å²) in [7, 11) is 0. The topological polar surface area (TPSA) is 58.1 Å². The summed E-state index contributed by atoms with van der Waals surface area (Å²) in [6, 6.07) is 0.302. The van der Waals surface area contributed by atoms with Crippen LogP contribution in [0.15, 0.2) is 23.7 Å². The standard InChI is InChI=1S/C7H11NO.C3H4N2/c9-6-8-7-4-2-1-3-5-7;1-2-5-3-4-1/h7H,1-5H2;1-3H,(H,4,5). The molecular weight excluding hydrogens is 178 g/mol. The van der Waals surface area contributed by atoms with Gasteiger partial charge in [0.25, 0.3) is 0 Å². The van der Waals surface area contributed by atoms with Gasteiger partial charge in [0.15, 0.2) is 0 Å². The SMILES string of the molecule is O=C=NC1CCCCC1.c1c[nH]cn1. The van der Waals surface area contributed by atoms with Crippen molar-refractivity contribution in [1.29, 1.82) is 0 Å². The number of hydrogen-bond donors (Lipinski definition) is 1. The van der Waals surface area contributed by atoms with Gasteiger partial charge in [-0.25, -0.2) is 14.8 Å². The van der Waals surface area contributed by atoms with Gasteiger partial charge in [-0.15, -0.1) is 0 Å².